The van der Waals surface area contributed by atoms with Crippen molar-refractivity contribution >= 4 is 17.4 Å². The van der Waals surface area contributed by atoms with Gasteiger partial charge in [-0.05, 0) is 42.3 Å². The van der Waals surface area contributed by atoms with Gasteiger partial charge in [-0.2, -0.15) is 18.3 Å². The number of anilines is 2. The van der Waals surface area contributed by atoms with Crippen LogP contribution in [-0.2, 0) is 0 Å². The SMILES string of the molecule is C[C@H](O)c1cccc(NC(=O)c2cc3n(n2)[C@H](C(F)(F)F)C[C@@H](c2ccc(F)cc2)N3)c1. The topological polar surface area (TPSA) is 79.2 Å². The van der Waals surface area contributed by atoms with E-state index in [4.69, 9.17) is 0 Å². The lowest BCUT2D eigenvalue weighted by atomic mass is 9.97. The predicted octanol–water partition coefficient (Wildman–Crippen LogP) is 4.99. The Hall–Kier alpha value is -3.40. The maximum atomic E-state index is 13.8. The Morgan fingerprint density at radius 2 is 1.94 bits per heavy atom. The molecule has 2 aromatic carbocycles. The van der Waals surface area contributed by atoms with Gasteiger partial charge in [-0.15, -0.1) is 0 Å². The minimum absolute atomic E-state index is 0.0378. The lowest BCUT2D eigenvalue weighted by molar-refractivity contribution is -0.173. The van der Waals surface area contributed by atoms with Crippen LogP contribution in [0.25, 0.3) is 0 Å². The first-order chi connectivity index (χ1) is 15.1. The molecule has 3 aromatic rings. The van der Waals surface area contributed by atoms with Crippen molar-refractivity contribution in [2.45, 2.75) is 37.7 Å². The summed E-state index contributed by atoms with van der Waals surface area (Å²) in [6.07, 6.45) is -5.70. The minimum Gasteiger partial charge on any atom is -0.389 e. The second kappa shape index (κ2) is 8.27. The van der Waals surface area contributed by atoms with Crippen molar-refractivity contribution in [1.29, 1.82) is 0 Å². The first kappa shape index (κ1) is 21.8. The molecule has 0 fully saturated rings. The molecule has 0 unspecified atom stereocenters. The summed E-state index contributed by atoms with van der Waals surface area (Å²) in [5, 5.41) is 19.1. The molecule has 4 rings (SSSR count). The number of hydrogen-bond acceptors (Lipinski definition) is 4. The highest BCUT2D eigenvalue weighted by atomic mass is 19.4. The van der Waals surface area contributed by atoms with E-state index in [1.807, 2.05) is 0 Å². The molecule has 10 heteroatoms. The van der Waals surface area contributed by atoms with E-state index in [0.29, 0.717) is 16.8 Å². The average molecular weight is 448 g/mol. The Balaban J connectivity index is 1.62. The largest absolute Gasteiger partial charge is 0.410 e. The van der Waals surface area contributed by atoms with E-state index < -0.39 is 36.1 Å². The normalized spacial score (nSPS) is 19.1. The zero-order chi connectivity index (χ0) is 23.0. The third-order valence-electron chi connectivity index (χ3n) is 5.32. The van der Waals surface area contributed by atoms with E-state index in [-0.39, 0.29) is 17.9 Å². The van der Waals surface area contributed by atoms with Gasteiger partial charge >= 0.3 is 6.18 Å². The molecule has 0 bridgehead atoms. The second-order valence-corrected chi connectivity index (χ2v) is 7.66. The first-order valence-electron chi connectivity index (χ1n) is 9.89. The van der Waals surface area contributed by atoms with E-state index >= 15 is 0 Å². The van der Waals surface area contributed by atoms with E-state index in [2.05, 4.69) is 15.7 Å². The highest BCUT2D eigenvalue weighted by molar-refractivity contribution is 6.03. The van der Waals surface area contributed by atoms with Crippen molar-refractivity contribution in [2.75, 3.05) is 10.6 Å². The molecule has 168 valence electrons. The molecule has 1 aliphatic heterocycles. The first-order valence-corrected chi connectivity index (χ1v) is 9.89. The van der Waals surface area contributed by atoms with E-state index in [1.165, 1.54) is 30.3 Å². The molecular formula is C22H20F4N4O2. The summed E-state index contributed by atoms with van der Waals surface area (Å²) in [7, 11) is 0. The highest BCUT2D eigenvalue weighted by Crippen LogP contribution is 2.43. The zero-order valence-electron chi connectivity index (χ0n) is 16.9. The Bertz CT molecular complexity index is 1130. The van der Waals surface area contributed by atoms with Crippen LogP contribution in [0.4, 0.5) is 29.1 Å². The molecule has 1 amide bonds. The number of fused-ring (bicyclic) bond motifs is 1. The summed E-state index contributed by atoms with van der Waals surface area (Å²) in [4.78, 5) is 12.7. The number of alkyl halides is 3. The summed E-state index contributed by atoms with van der Waals surface area (Å²) >= 11 is 0. The number of rotatable bonds is 4. The Kier molecular flexibility index (Phi) is 5.64. The second-order valence-electron chi connectivity index (χ2n) is 7.66. The van der Waals surface area contributed by atoms with E-state index in [1.54, 1.807) is 31.2 Å². The molecule has 0 saturated heterocycles. The van der Waals surface area contributed by atoms with E-state index in [9.17, 15) is 27.5 Å². The van der Waals surface area contributed by atoms with Crippen LogP contribution >= 0.6 is 0 Å². The number of halogens is 4. The zero-order valence-corrected chi connectivity index (χ0v) is 16.9. The van der Waals surface area contributed by atoms with Gasteiger partial charge in [0.05, 0.1) is 12.1 Å². The monoisotopic (exact) mass is 448 g/mol. The summed E-state index contributed by atoms with van der Waals surface area (Å²) in [6, 6.07) is 10.3. The van der Waals surface area contributed by atoms with Crippen LogP contribution in [0, 0.1) is 5.82 Å². The van der Waals surface area contributed by atoms with Crippen LogP contribution in [0.2, 0.25) is 0 Å². The molecule has 0 spiro atoms. The number of nitrogens with one attached hydrogen (secondary N) is 2. The number of aliphatic hydroxyl groups is 1. The molecule has 1 aromatic heterocycles. The Morgan fingerprint density at radius 3 is 2.59 bits per heavy atom. The number of aliphatic hydroxyl groups excluding tert-OH is 1. The Morgan fingerprint density at radius 1 is 1.22 bits per heavy atom. The minimum atomic E-state index is -4.60. The molecule has 3 N–H and O–H groups in total. The summed E-state index contributed by atoms with van der Waals surface area (Å²) in [5.74, 6) is -1.13. The molecule has 32 heavy (non-hydrogen) atoms. The molecule has 3 atom stereocenters. The lowest BCUT2D eigenvalue weighted by Gasteiger charge is -2.33. The maximum absolute atomic E-state index is 13.8. The van der Waals surface area contributed by atoms with Gasteiger partial charge in [0.15, 0.2) is 11.7 Å². The summed E-state index contributed by atoms with van der Waals surface area (Å²) < 4.78 is 55.3. The van der Waals surface area contributed by atoms with Crippen molar-refractivity contribution in [3.8, 4) is 0 Å². The number of amides is 1. The molecule has 0 aliphatic carbocycles. The summed E-state index contributed by atoms with van der Waals surface area (Å²) in [6.45, 7) is 1.57. The number of carbonyl (C=O) groups is 1. The highest BCUT2D eigenvalue weighted by Gasteiger charge is 2.46. The van der Waals surface area contributed by atoms with Gasteiger partial charge in [-0.1, -0.05) is 24.3 Å². The van der Waals surface area contributed by atoms with Crippen molar-refractivity contribution in [3.05, 3.63) is 77.2 Å². The quantitative estimate of drug-likeness (QED) is 0.492. The van der Waals surface area contributed by atoms with Crippen LogP contribution in [0.15, 0.2) is 54.6 Å². The van der Waals surface area contributed by atoms with Crippen LogP contribution in [-0.4, -0.2) is 27.0 Å². The van der Waals surface area contributed by atoms with Crippen LogP contribution in [0.5, 0.6) is 0 Å². The fraction of sp³-hybridized carbons (Fsp3) is 0.273. The van der Waals surface area contributed by atoms with Crippen molar-refractivity contribution in [3.63, 3.8) is 0 Å². The molecule has 0 radical (unpaired) electrons. The standard InChI is InChI=1S/C22H20F4N4O2/c1-12(31)14-3-2-4-16(9-14)27-21(32)18-11-20-28-17(13-5-7-15(23)8-6-13)10-19(22(24,25)26)30(20)29-18/h2-9,11-12,17,19,28,31H,10H2,1H3,(H,27,32)/t12-,17-,19-/m0/s1. The molecule has 0 saturated carbocycles. The lowest BCUT2D eigenvalue weighted by Crippen LogP contribution is -2.35. The van der Waals surface area contributed by atoms with Gasteiger partial charge in [-0.25, -0.2) is 9.07 Å². The molecule has 2 heterocycles. The third-order valence-corrected chi connectivity index (χ3v) is 5.32. The Labute approximate surface area is 180 Å². The van der Waals surface area contributed by atoms with Crippen LogP contribution in [0.1, 0.15) is 53.1 Å². The number of carbonyl (C=O) groups excluding carboxylic acids is 1. The predicted molar refractivity (Wildman–Crippen MR) is 110 cm³/mol. The van der Waals surface area contributed by atoms with Gasteiger partial charge < -0.3 is 15.7 Å². The van der Waals surface area contributed by atoms with Gasteiger partial charge in [-0.3, -0.25) is 4.79 Å². The van der Waals surface area contributed by atoms with Gasteiger partial charge in [0.2, 0.25) is 0 Å². The number of benzene rings is 2. The fourth-order valence-electron chi connectivity index (χ4n) is 3.67. The van der Waals surface area contributed by atoms with Gasteiger partial charge in [0.25, 0.3) is 5.91 Å². The van der Waals surface area contributed by atoms with Gasteiger partial charge in [0.1, 0.15) is 11.6 Å². The van der Waals surface area contributed by atoms with Crippen LogP contribution < -0.4 is 10.6 Å². The summed E-state index contributed by atoms with van der Waals surface area (Å²) in [5.41, 5.74) is 1.26. The number of nitrogens with zero attached hydrogens (tertiary/aromatic N) is 2. The average Bonchev–Trinajstić information content (AvgIpc) is 3.17. The molecule has 6 nitrogen and oxygen atoms in total. The van der Waals surface area contributed by atoms with Crippen LogP contribution in [0.3, 0.4) is 0 Å². The smallest absolute Gasteiger partial charge is 0.389 e. The van der Waals surface area contributed by atoms with Crippen molar-refractivity contribution in [2.24, 2.45) is 0 Å². The third kappa shape index (κ3) is 4.45. The number of aromatic nitrogens is 2. The van der Waals surface area contributed by atoms with Gasteiger partial charge in [0, 0.05) is 18.2 Å². The molecular weight excluding hydrogens is 428 g/mol. The van der Waals surface area contributed by atoms with Crippen molar-refractivity contribution in [1.82, 2.24) is 9.78 Å². The van der Waals surface area contributed by atoms with E-state index in [0.717, 1.165) is 4.68 Å². The van der Waals surface area contributed by atoms with Crippen molar-refractivity contribution < 1.29 is 27.5 Å². The number of hydrogen-bond donors (Lipinski definition) is 3. The fourth-order valence-corrected chi connectivity index (χ4v) is 3.67. The maximum Gasteiger partial charge on any atom is 0.410 e. The molecule has 1 aliphatic rings.